The molecule has 2 amide bonds. The van der Waals surface area contributed by atoms with Crippen molar-refractivity contribution in [2.75, 3.05) is 31.6 Å². The van der Waals surface area contributed by atoms with Crippen LogP contribution < -0.4 is 19.1 Å². The maximum atomic E-state index is 14.7. The third-order valence-corrected chi connectivity index (χ3v) is 9.72. The highest BCUT2D eigenvalue weighted by Gasteiger charge is 2.35. The van der Waals surface area contributed by atoms with Crippen LogP contribution in [0.3, 0.4) is 0 Å². The molecule has 1 N–H and O–H groups in total. The second-order valence-electron chi connectivity index (χ2n) is 12.2. The van der Waals surface area contributed by atoms with E-state index < -0.39 is 28.5 Å². The van der Waals surface area contributed by atoms with Gasteiger partial charge in [-0.15, -0.1) is 0 Å². The number of nitrogens with zero attached hydrogens (tertiary/aromatic N) is 2. The fourth-order valence-electron chi connectivity index (χ4n) is 5.33. The van der Waals surface area contributed by atoms with Crippen LogP contribution in [0.2, 0.25) is 0 Å². The minimum Gasteiger partial charge on any atom is -0.493 e. The van der Waals surface area contributed by atoms with E-state index in [9.17, 15) is 18.0 Å². The third-order valence-electron chi connectivity index (χ3n) is 7.93. The van der Waals surface area contributed by atoms with Gasteiger partial charge >= 0.3 is 0 Å². The second-order valence-corrected chi connectivity index (χ2v) is 14.1. The Kier molecular flexibility index (Phi) is 12.2. The molecule has 4 aromatic carbocycles. The van der Waals surface area contributed by atoms with Crippen LogP contribution in [0.4, 0.5) is 5.69 Å². The zero-order valence-corrected chi connectivity index (χ0v) is 29.3. The summed E-state index contributed by atoms with van der Waals surface area (Å²) in [6.07, 6.45) is 0.239. The SMILES string of the molecule is COc1ccc(N(CC(=O)N(Cc2cccc(C)c2)[C@@H](Cc2ccccc2)C(=O)NCC(C)C)S(=O)(=O)c2ccc(C)cc2)cc1OC. The summed E-state index contributed by atoms with van der Waals surface area (Å²) >= 11 is 0. The van der Waals surface area contributed by atoms with Crippen molar-refractivity contribution in [3.63, 3.8) is 0 Å². The van der Waals surface area contributed by atoms with E-state index in [4.69, 9.17) is 9.47 Å². The molecule has 4 rings (SSSR count). The molecule has 0 bridgehead atoms. The number of anilines is 1. The van der Waals surface area contributed by atoms with Crippen molar-refractivity contribution in [3.8, 4) is 11.5 Å². The van der Waals surface area contributed by atoms with Crippen LogP contribution >= 0.6 is 0 Å². The highest BCUT2D eigenvalue weighted by atomic mass is 32.2. The molecule has 254 valence electrons. The summed E-state index contributed by atoms with van der Waals surface area (Å²) in [7, 11) is -1.32. The molecule has 0 saturated carbocycles. The van der Waals surface area contributed by atoms with Gasteiger partial charge in [0.2, 0.25) is 11.8 Å². The van der Waals surface area contributed by atoms with Crippen molar-refractivity contribution >= 4 is 27.5 Å². The Balaban J connectivity index is 1.84. The Hall–Kier alpha value is -4.83. The predicted octanol–water partition coefficient (Wildman–Crippen LogP) is 5.93. The van der Waals surface area contributed by atoms with Gasteiger partial charge in [-0.3, -0.25) is 13.9 Å². The first-order chi connectivity index (χ1) is 22.9. The van der Waals surface area contributed by atoms with Gasteiger partial charge in [-0.25, -0.2) is 8.42 Å². The summed E-state index contributed by atoms with van der Waals surface area (Å²) < 4.78 is 40.6. The normalized spacial score (nSPS) is 11.9. The molecule has 10 heteroatoms. The lowest BCUT2D eigenvalue weighted by atomic mass is 10.0. The second kappa shape index (κ2) is 16.3. The topological polar surface area (TPSA) is 105 Å². The van der Waals surface area contributed by atoms with E-state index in [0.29, 0.717) is 18.0 Å². The number of nitrogens with one attached hydrogen (secondary N) is 1. The Labute approximate surface area is 284 Å². The molecule has 0 aliphatic carbocycles. The van der Waals surface area contributed by atoms with Crippen molar-refractivity contribution in [1.29, 1.82) is 0 Å². The maximum Gasteiger partial charge on any atom is 0.264 e. The molecule has 0 saturated heterocycles. The Morgan fingerprint density at radius 2 is 1.44 bits per heavy atom. The van der Waals surface area contributed by atoms with Crippen LogP contribution in [-0.4, -0.2) is 58.5 Å². The monoisotopic (exact) mass is 671 g/mol. The largest absolute Gasteiger partial charge is 0.493 e. The van der Waals surface area contributed by atoms with Crippen LogP contribution in [0.5, 0.6) is 11.5 Å². The van der Waals surface area contributed by atoms with Crippen LogP contribution in [-0.2, 0) is 32.6 Å². The molecule has 48 heavy (non-hydrogen) atoms. The molecule has 9 nitrogen and oxygen atoms in total. The Morgan fingerprint density at radius 3 is 2.06 bits per heavy atom. The van der Waals surface area contributed by atoms with Gasteiger partial charge in [-0.2, -0.15) is 0 Å². The van der Waals surface area contributed by atoms with Crippen LogP contribution in [0.15, 0.2) is 102 Å². The number of hydrogen-bond donors (Lipinski definition) is 1. The molecule has 0 unspecified atom stereocenters. The molecule has 0 aliphatic heterocycles. The average molecular weight is 672 g/mol. The van der Waals surface area contributed by atoms with Crippen molar-refractivity contribution in [3.05, 3.63) is 119 Å². The standard InChI is InChI=1S/C38H45N3O6S/c1-27(2)24-39-38(43)34(22-30-12-8-7-9-13-30)40(25-31-14-10-11-29(4)21-31)37(42)26-41(32-17-20-35(46-5)36(23-32)47-6)48(44,45)33-18-15-28(3)16-19-33/h7-21,23,27,34H,22,24-26H2,1-6H3,(H,39,43)/t34-/m0/s1. The molecular weight excluding hydrogens is 627 g/mol. The first kappa shape index (κ1) is 36.0. The van der Waals surface area contributed by atoms with Crippen LogP contribution in [0.25, 0.3) is 0 Å². The average Bonchev–Trinajstić information content (AvgIpc) is 3.07. The van der Waals surface area contributed by atoms with E-state index in [1.807, 2.05) is 82.3 Å². The van der Waals surface area contributed by atoms with Crippen molar-refractivity contribution in [2.24, 2.45) is 5.92 Å². The number of ether oxygens (including phenoxy) is 2. The van der Waals surface area contributed by atoms with Gasteiger partial charge < -0.3 is 19.7 Å². The first-order valence-corrected chi connectivity index (χ1v) is 17.3. The van der Waals surface area contributed by atoms with E-state index >= 15 is 0 Å². The molecule has 0 heterocycles. The lowest BCUT2D eigenvalue weighted by molar-refractivity contribution is -0.140. The molecule has 0 spiro atoms. The molecule has 0 aromatic heterocycles. The molecule has 4 aromatic rings. The summed E-state index contributed by atoms with van der Waals surface area (Å²) in [5.41, 5.74) is 3.78. The number of aryl methyl sites for hydroxylation is 2. The van der Waals surface area contributed by atoms with Crippen LogP contribution in [0, 0.1) is 19.8 Å². The quantitative estimate of drug-likeness (QED) is 0.168. The summed E-state index contributed by atoms with van der Waals surface area (Å²) in [5.74, 6) is 0.0481. The van der Waals surface area contributed by atoms with E-state index in [-0.39, 0.29) is 35.4 Å². The van der Waals surface area contributed by atoms with Gasteiger partial charge in [0, 0.05) is 25.6 Å². The minimum absolute atomic E-state index is 0.0245. The zero-order valence-electron chi connectivity index (χ0n) is 28.5. The highest BCUT2D eigenvalue weighted by molar-refractivity contribution is 7.92. The summed E-state index contributed by atoms with van der Waals surface area (Å²) in [4.78, 5) is 30.2. The van der Waals surface area contributed by atoms with Crippen molar-refractivity contribution in [1.82, 2.24) is 10.2 Å². The van der Waals surface area contributed by atoms with Gasteiger partial charge in [-0.05, 0) is 55.2 Å². The Bertz CT molecular complexity index is 1790. The highest BCUT2D eigenvalue weighted by Crippen LogP contribution is 2.34. The fraction of sp³-hybridized carbons (Fsp3) is 0.316. The third kappa shape index (κ3) is 9.16. The number of sulfonamides is 1. The first-order valence-electron chi connectivity index (χ1n) is 15.9. The number of hydrogen-bond acceptors (Lipinski definition) is 6. The fourth-order valence-corrected chi connectivity index (χ4v) is 6.74. The summed E-state index contributed by atoms with van der Waals surface area (Å²) in [5, 5.41) is 3.01. The molecular formula is C38H45N3O6S. The molecule has 0 radical (unpaired) electrons. The van der Waals surface area contributed by atoms with Gasteiger partial charge in [0.25, 0.3) is 10.0 Å². The number of carbonyl (C=O) groups is 2. The van der Waals surface area contributed by atoms with Crippen molar-refractivity contribution < 1.29 is 27.5 Å². The van der Waals surface area contributed by atoms with Gasteiger partial charge in [0.1, 0.15) is 12.6 Å². The van der Waals surface area contributed by atoms with E-state index in [2.05, 4.69) is 5.32 Å². The zero-order chi connectivity index (χ0) is 34.8. The van der Waals surface area contributed by atoms with Gasteiger partial charge in [-0.1, -0.05) is 91.7 Å². The minimum atomic E-state index is -4.26. The number of carbonyl (C=O) groups excluding carboxylic acids is 2. The lowest BCUT2D eigenvalue weighted by Gasteiger charge is -2.34. The van der Waals surface area contributed by atoms with E-state index in [0.717, 1.165) is 26.6 Å². The molecule has 0 fully saturated rings. The van der Waals surface area contributed by atoms with Gasteiger partial charge in [0.15, 0.2) is 11.5 Å². The summed E-state index contributed by atoms with van der Waals surface area (Å²) in [6, 6.07) is 27.4. The number of rotatable bonds is 15. The van der Waals surface area contributed by atoms with Crippen molar-refractivity contribution in [2.45, 2.75) is 51.6 Å². The number of amides is 2. The number of benzene rings is 4. The maximum absolute atomic E-state index is 14.7. The summed E-state index contributed by atoms with van der Waals surface area (Å²) in [6.45, 7) is 7.78. The van der Waals surface area contributed by atoms with Gasteiger partial charge in [0.05, 0.1) is 24.8 Å². The predicted molar refractivity (Wildman–Crippen MR) is 189 cm³/mol. The van der Waals surface area contributed by atoms with E-state index in [1.165, 1.54) is 37.3 Å². The van der Waals surface area contributed by atoms with Crippen LogP contribution in [0.1, 0.15) is 36.1 Å². The Morgan fingerprint density at radius 1 is 0.771 bits per heavy atom. The molecule has 0 aliphatic rings. The lowest BCUT2D eigenvalue weighted by Crippen LogP contribution is -2.53. The number of methoxy groups -OCH3 is 2. The molecule has 1 atom stereocenters. The smallest absolute Gasteiger partial charge is 0.264 e. The van der Waals surface area contributed by atoms with E-state index in [1.54, 1.807) is 24.3 Å².